The lowest BCUT2D eigenvalue weighted by molar-refractivity contribution is 0.418. The summed E-state index contributed by atoms with van der Waals surface area (Å²) in [5.74, 6) is 0.558. The Morgan fingerprint density at radius 1 is 1.00 bits per heavy atom. The summed E-state index contributed by atoms with van der Waals surface area (Å²) in [5, 5.41) is 1.18. The Morgan fingerprint density at radius 2 is 1.59 bits per heavy atom. The van der Waals surface area contributed by atoms with E-state index in [1.807, 2.05) is 24.3 Å². The summed E-state index contributed by atoms with van der Waals surface area (Å²) >= 11 is 0. The van der Waals surface area contributed by atoms with Crippen LogP contribution in [0.25, 0.3) is 0 Å². The molecule has 2 N–H and O–H groups in total. The largest absolute Gasteiger partial charge is 0.496 e. The number of ether oxygens (including phenoxy) is 1. The first kappa shape index (κ1) is 11.9. The SMILES string of the molecule is COc1ccccc1[P@](N)(=O)c1ccccc1. The molecule has 2 rings (SSSR count). The average molecular weight is 247 g/mol. The number of hydrogen-bond donors (Lipinski definition) is 1. The molecule has 0 heterocycles. The van der Waals surface area contributed by atoms with E-state index >= 15 is 0 Å². The molecule has 0 amide bonds. The van der Waals surface area contributed by atoms with Crippen LogP contribution in [0.4, 0.5) is 0 Å². The lowest BCUT2D eigenvalue weighted by Crippen LogP contribution is -2.23. The molecular weight excluding hydrogens is 233 g/mol. The van der Waals surface area contributed by atoms with Gasteiger partial charge in [-0.1, -0.05) is 30.3 Å². The van der Waals surface area contributed by atoms with Gasteiger partial charge in [0, 0.05) is 5.30 Å². The van der Waals surface area contributed by atoms with E-state index in [4.69, 9.17) is 10.2 Å². The molecule has 3 nitrogen and oxygen atoms in total. The van der Waals surface area contributed by atoms with Crippen molar-refractivity contribution >= 4 is 17.9 Å². The molecule has 4 heteroatoms. The van der Waals surface area contributed by atoms with E-state index in [2.05, 4.69) is 0 Å². The standard InChI is InChI=1S/C13H14NO2P/c1-16-12-9-5-6-10-13(12)17(14,15)11-7-3-2-4-8-11/h2-10H,1H3,(H2,14,15)/t17-/m1/s1. The van der Waals surface area contributed by atoms with Crippen molar-refractivity contribution in [1.29, 1.82) is 0 Å². The quantitative estimate of drug-likeness (QED) is 0.842. The van der Waals surface area contributed by atoms with E-state index in [0.717, 1.165) is 0 Å². The molecule has 0 aromatic heterocycles. The molecule has 0 aliphatic rings. The molecule has 0 radical (unpaired) electrons. The second-order valence-corrected chi connectivity index (χ2v) is 5.98. The van der Waals surface area contributed by atoms with Crippen LogP contribution in [0.2, 0.25) is 0 Å². The molecule has 0 spiro atoms. The number of methoxy groups -OCH3 is 1. The van der Waals surface area contributed by atoms with Crippen LogP contribution < -0.4 is 20.9 Å². The third-order valence-corrected chi connectivity index (χ3v) is 4.73. The number of rotatable bonds is 3. The molecule has 2 aromatic rings. The van der Waals surface area contributed by atoms with Gasteiger partial charge in [-0.2, -0.15) is 0 Å². The first-order chi connectivity index (χ1) is 8.16. The summed E-state index contributed by atoms with van der Waals surface area (Å²) in [4.78, 5) is 0. The van der Waals surface area contributed by atoms with Gasteiger partial charge in [-0.15, -0.1) is 0 Å². The van der Waals surface area contributed by atoms with Gasteiger partial charge in [-0.3, -0.25) is 10.1 Å². The predicted molar refractivity (Wildman–Crippen MR) is 70.5 cm³/mol. The summed E-state index contributed by atoms with van der Waals surface area (Å²) in [7, 11) is -1.53. The fraction of sp³-hybridized carbons (Fsp3) is 0.0769. The normalized spacial score (nSPS) is 14.0. The van der Waals surface area contributed by atoms with Crippen molar-refractivity contribution in [3.63, 3.8) is 0 Å². The van der Waals surface area contributed by atoms with Crippen LogP contribution in [-0.2, 0) is 4.57 Å². The highest BCUT2D eigenvalue weighted by Gasteiger charge is 2.25. The van der Waals surface area contributed by atoms with Crippen LogP contribution >= 0.6 is 7.29 Å². The highest BCUT2D eigenvalue weighted by molar-refractivity contribution is 7.76. The monoisotopic (exact) mass is 247 g/mol. The van der Waals surface area contributed by atoms with E-state index in [0.29, 0.717) is 16.4 Å². The van der Waals surface area contributed by atoms with Crippen LogP contribution in [0, 0.1) is 0 Å². The zero-order valence-corrected chi connectivity index (χ0v) is 10.4. The highest BCUT2D eigenvalue weighted by atomic mass is 31.2. The maximum absolute atomic E-state index is 12.7. The topological polar surface area (TPSA) is 52.3 Å². The van der Waals surface area contributed by atoms with E-state index in [-0.39, 0.29) is 0 Å². The van der Waals surface area contributed by atoms with Crippen molar-refractivity contribution in [2.24, 2.45) is 5.50 Å². The maximum atomic E-state index is 12.7. The molecule has 0 saturated heterocycles. The van der Waals surface area contributed by atoms with Crippen molar-refractivity contribution in [3.8, 4) is 5.75 Å². The smallest absolute Gasteiger partial charge is 0.205 e. The minimum absolute atomic E-state index is 0.550. The van der Waals surface area contributed by atoms with Crippen molar-refractivity contribution in [1.82, 2.24) is 0 Å². The molecule has 17 heavy (non-hydrogen) atoms. The molecule has 0 unspecified atom stereocenters. The number of hydrogen-bond acceptors (Lipinski definition) is 2. The van der Waals surface area contributed by atoms with Crippen LogP contribution in [0.1, 0.15) is 0 Å². The summed E-state index contributed by atoms with van der Waals surface area (Å²) in [6, 6.07) is 16.2. The minimum Gasteiger partial charge on any atom is -0.496 e. The predicted octanol–water partition coefficient (Wildman–Crippen LogP) is 1.88. The van der Waals surface area contributed by atoms with Gasteiger partial charge >= 0.3 is 0 Å². The molecular formula is C13H14NO2P. The van der Waals surface area contributed by atoms with Crippen LogP contribution in [-0.4, -0.2) is 7.11 Å². The molecule has 0 bridgehead atoms. The van der Waals surface area contributed by atoms with Crippen molar-refractivity contribution in [2.75, 3.05) is 7.11 Å². The fourth-order valence-electron chi connectivity index (χ4n) is 1.69. The van der Waals surface area contributed by atoms with Crippen LogP contribution in [0.3, 0.4) is 0 Å². The third kappa shape index (κ3) is 2.26. The Labute approximate surface area is 101 Å². The summed E-state index contributed by atoms with van der Waals surface area (Å²) in [5.41, 5.74) is 6.01. The lowest BCUT2D eigenvalue weighted by Gasteiger charge is -2.16. The minimum atomic E-state index is -3.08. The number of benzene rings is 2. The lowest BCUT2D eigenvalue weighted by atomic mass is 10.3. The Balaban J connectivity index is 2.56. The van der Waals surface area contributed by atoms with Gasteiger partial charge in [-0.05, 0) is 24.3 Å². The van der Waals surface area contributed by atoms with Gasteiger partial charge in [0.25, 0.3) is 0 Å². The summed E-state index contributed by atoms with van der Waals surface area (Å²) < 4.78 is 17.9. The van der Waals surface area contributed by atoms with Crippen LogP contribution in [0.15, 0.2) is 54.6 Å². The van der Waals surface area contributed by atoms with Gasteiger partial charge in [-0.25, -0.2) is 0 Å². The fourth-order valence-corrected chi connectivity index (χ4v) is 3.39. The third-order valence-electron chi connectivity index (χ3n) is 2.58. The zero-order chi connectivity index (χ0) is 12.3. The van der Waals surface area contributed by atoms with E-state index < -0.39 is 7.29 Å². The Kier molecular flexibility index (Phi) is 3.32. The number of para-hydroxylation sites is 1. The Bertz CT molecular complexity index is 554. The number of nitrogens with two attached hydrogens (primary N) is 1. The van der Waals surface area contributed by atoms with E-state index in [1.165, 1.54) is 0 Å². The molecule has 1 atom stereocenters. The van der Waals surface area contributed by atoms with Gasteiger partial charge < -0.3 is 4.74 Å². The molecule has 2 aromatic carbocycles. The molecule has 0 saturated carbocycles. The second kappa shape index (κ2) is 4.74. The molecule has 0 aliphatic carbocycles. The van der Waals surface area contributed by atoms with Crippen molar-refractivity contribution < 1.29 is 9.30 Å². The molecule has 88 valence electrons. The van der Waals surface area contributed by atoms with Gasteiger partial charge in [0.15, 0.2) is 0 Å². The van der Waals surface area contributed by atoms with Crippen LogP contribution in [0.5, 0.6) is 5.75 Å². The second-order valence-electron chi connectivity index (χ2n) is 3.67. The Hall–Kier alpha value is -1.57. The first-order valence-corrected chi connectivity index (χ1v) is 7.01. The highest BCUT2D eigenvalue weighted by Crippen LogP contribution is 2.37. The van der Waals surface area contributed by atoms with Crippen molar-refractivity contribution in [2.45, 2.75) is 0 Å². The van der Waals surface area contributed by atoms with Crippen molar-refractivity contribution in [3.05, 3.63) is 54.6 Å². The molecule has 0 aliphatic heterocycles. The summed E-state index contributed by atoms with van der Waals surface area (Å²) in [6.07, 6.45) is 0. The Morgan fingerprint density at radius 3 is 2.24 bits per heavy atom. The van der Waals surface area contributed by atoms with Gasteiger partial charge in [0.1, 0.15) is 5.75 Å². The van der Waals surface area contributed by atoms with E-state index in [9.17, 15) is 4.57 Å². The zero-order valence-electron chi connectivity index (χ0n) is 9.54. The average Bonchev–Trinajstić information content (AvgIpc) is 2.39. The van der Waals surface area contributed by atoms with Gasteiger partial charge in [0.2, 0.25) is 7.29 Å². The van der Waals surface area contributed by atoms with E-state index in [1.54, 1.807) is 37.4 Å². The summed E-state index contributed by atoms with van der Waals surface area (Å²) in [6.45, 7) is 0. The van der Waals surface area contributed by atoms with Gasteiger partial charge in [0.05, 0.1) is 12.4 Å². The first-order valence-electron chi connectivity index (χ1n) is 5.24. The maximum Gasteiger partial charge on any atom is 0.205 e. The molecule has 0 fully saturated rings.